The van der Waals surface area contributed by atoms with Crippen LogP contribution in [-0.4, -0.2) is 48.6 Å². The van der Waals surface area contributed by atoms with E-state index in [0.29, 0.717) is 0 Å². The van der Waals surface area contributed by atoms with Crippen LogP contribution in [0, 0.1) is 0 Å². The lowest BCUT2D eigenvalue weighted by Crippen LogP contribution is -2.40. The first-order valence-electron chi connectivity index (χ1n) is 5.98. The van der Waals surface area contributed by atoms with E-state index in [1.54, 1.807) is 0 Å². The summed E-state index contributed by atoms with van der Waals surface area (Å²) < 4.78 is 0. The Labute approximate surface area is 91.8 Å². The summed E-state index contributed by atoms with van der Waals surface area (Å²) in [5.41, 5.74) is 0. The minimum absolute atomic E-state index is 0.840. The SMILES string of the molecule is C(CCN1CCCC1)CNC1CSC1. The molecule has 0 spiro atoms. The lowest BCUT2D eigenvalue weighted by Gasteiger charge is -2.26. The summed E-state index contributed by atoms with van der Waals surface area (Å²) in [4.78, 5) is 2.61. The molecule has 0 aromatic carbocycles. The number of hydrogen-bond acceptors (Lipinski definition) is 3. The highest BCUT2D eigenvalue weighted by Gasteiger charge is 2.16. The fraction of sp³-hybridized carbons (Fsp3) is 1.00. The van der Waals surface area contributed by atoms with Crippen molar-refractivity contribution in [1.82, 2.24) is 10.2 Å². The zero-order chi connectivity index (χ0) is 9.64. The molecule has 2 aliphatic heterocycles. The summed E-state index contributed by atoms with van der Waals surface area (Å²) in [6, 6.07) is 0.840. The van der Waals surface area contributed by atoms with Crippen LogP contribution in [0.5, 0.6) is 0 Å². The van der Waals surface area contributed by atoms with Gasteiger partial charge < -0.3 is 10.2 Å². The van der Waals surface area contributed by atoms with Crippen LogP contribution in [-0.2, 0) is 0 Å². The highest BCUT2D eigenvalue weighted by atomic mass is 32.2. The molecule has 0 saturated carbocycles. The zero-order valence-electron chi connectivity index (χ0n) is 9.00. The third kappa shape index (κ3) is 3.44. The van der Waals surface area contributed by atoms with Crippen molar-refractivity contribution in [3.8, 4) is 0 Å². The summed E-state index contributed by atoms with van der Waals surface area (Å²) in [6.07, 6.45) is 5.60. The van der Waals surface area contributed by atoms with Gasteiger partial charge in [-0.3, -0.25) is 0 Å². The second-order valence-electron chi connectivity index (χ2n) is 4.44. The van der Waals surface area contributed by atoms with E-state index in [1.807, 2.05) is 0 Å². The molecule has 2 saturated heterocycles. The monoisotopic (exact) mass is 214 g/mol. The average Bonchev–Trinajstić information content (AvgIpc) is 2.60. The lowest BCUT2D eigenvalue weighted by molar-refractivity contribution is 0.328. The second-order valence-corrected chi connectivity index (χ2v) is 5.52. The van der Waals surface area contributed by atoms with Crippen LogP contribution < -0.4 is 5.32 Å². The Kier molecular flexibility index (Phi) is 4.61. The Bertz CT molecular complexity index is 153. The van der Waals surface area contributed by atoms with E-state index in [-0.39, 0.29) is 0 Å². The maximum Gasteiger partial charge on any atom is 0.0248 e. The third-order valence-corrected chi connectivity index (χ3v) is 4.45. The molecule has 2 fully saturated rings. The molecule has 0 radical (unpaired) electrons. The molecule has 82 valence electrons. The van der Waals surface area contributed by atoms with Crippen LogP contribution in [0.1, 0.15) is 25.7 Å². The van der Waals surface area contributed by atoms with E-state index in [1.165, 1.54) is 63.4 Å². The first-order chi connectivity index (χ1) is 6.95. The van der Waals surface area contributed by atoms with Gasteiger partial charge in [0.15, 0.2) is 0 Å². The Morgan fingerprint density at radius 2 is 1.93 bits per heavy atom. The van der Waals surface area contributed by atoms with Gasteiger partial charge in [0.05, 0.1) is 0 Å². The number of rotatable bonds is 6. The van der Waals surface area contributed by atoms with Gasteiger partial charge >= 0.3 is 0 Å². The topological polar surface area (TPSA) is 15.3 Å². The lowest BCUT2D eigenvalue weighted by atomic mass is 10.2. The van der Waals surface area contributed by atoms with Crippen molar-refractivity contribution in [2.45, 2.75) is 31.7 Å². The van der Waals surface area contributed by atoms with Crippen LogP contribution in [0.2, 0.25) is 0 Å². The van der Waals surface area contributed by atoms with Crippen molar-refractivity contribution in [2.75, 3.05) is 37.7 Å². The molecule has 3 heteroatoms. The van der Waals surface area contributed by atoms with Gasteiger partial charge in [-0.1, -0.05) is 0 Å². The standard InChI is InChI=1S/C11H22N2S/c1(5-12-11-9-14-10-11)2-6-13-7-3-4-8-13/h11-12H,1-10H2. The van der Waals surface area contributed by atoms with Crippen molar-refractivity contribution in [1.29, 1.82) is 0 Å². The number of likely N-dealkylation sites (tertiary alicyclic amines) is 1. The minimum atomic E-state index is 0.840. The Morgan fingerprint density at radius 1 is 1.14 bits per heavy atom. The number of hydrogen-bond donors (Lipinski definition) is 1. The van der Waals surface area contributed by atoms with E-state index in [4.69, 9.17) is 0 Å². The molecule has 2 heterocycles. The number of thioether (sulfide) groups is 1. The molecule has 0 atom stereocenters. The normalized spacial score (nSPS) is 24.0. The first kappa shape index (κ1) is 10.8. The fourth-order valence-electron chi connectivity index (χ4n) is 2.13. The van der Waals surface area contributed by atoms with Crippen LogP contribution in [0.3, 0.4) is 0 Å². The van der Waals surface area contributed by atoms with Gasteiger partial charge in [-0.25, -0.2) is 0 Å². The largest absolute Gasteiger partial charge is 0.312 e. The van der Waals surface area contributed by atoms with E-state index in [0.717, 1.165) is 6.04 Å². The maximum atomic E-state index is 3.61. The summed E-state index contributed by atoms with van der Waals surface area (Å²) in [6.45, 7) is 5.28. The summed E-state index contributed by atoms with van der Waals surface area (Å²) in [5.74, 6) is 2.68. The van der Waals surface area contributed by atoms with Gasteiger partial charge in [-0.05, 0) is 51.9 Å². The molecule has 2 nitrogen and oxygen atoms in total. The Balaban J connectivity index is 1.39. The van der Waals surface area contributed by atoms with Gasteiger partial charge in [0.1, 0.15) is 0 Å². The maximum absolute atomic E-state index is 3.61. The van der Waals surface area contributed by atoms with Gasteiger partial charge in [-0.2, -0.15) is 11.8 Å². The van der Waals surface area contributed by atoms with Crippen LogP contribution in [0.25, 0.3) is 0 Å². The number of nitrogens with one attached hydrogen (secondary N) is 1. The van der Waals surface area contributed by atoms with Gasteiger partial charge in [-0.15, -0.1) is 0 Å². The van der Waals surface area contributed by atoms with Crippen LogP contribution in [0.15, 0.2) is 0 Å². The van der Waals surface area contributed by atoms with E-state index >= 15 is 0 Å². The minimum Gasteiger partial charge on any atom is -0.312 e. The van der Waals surface area contributed by atoms with Gasteiger partial charge in [0.2, 0.25) is 0 Å². The van der Waals surface area contributed by atoms with Crippen molar-refractivity contribution >= 4 is 11.8 Å². The zero-order valence-corrected chi connectivity index (χ0v) is 9.82. The quantitative estimate of drug-likeness (QED) is 0.676. The highest BCUT2D eigenvalue weighted by molar-refractivity contribution is 8.00. The summed E-state index contributed by atoms with van der Waals surface area (Å²) in [5, 5.41) is 3.61. The van der Waals surface area contributed by atoms with E-state index in [9.17, 15) is 0 Å². The first-order valence-corrected chi connectivity index (χ1v) is 7.14. The number of unbranched alkanes of at least 4 members (excludes halogenated alkanes) is 1. The van der Waals surface area contributed by atoms with Crippen LogP contribution >= 0.6 is 11.8 Å². The van der Waals surface area contributed by atoms with Crippen molar-refractivity contribution < 1.29 is 0 Å². The van der Waals surface area contributed by atoms with Crippen molar-refractivity contribution in [3.63, 3.8) is 0 Å². The molecule has 0 aromatic heterocycles. The third-order valence-electron chi connectivity index (χ3n) is 3.17. The number of nitrogens with zero attached hydrogens (tertiary/aromatic N) is 1. The summed E-state index contributed by atoms with van der Waals surface area (Å²) >= 11 is 2.06. The predicted molar refractivity (Wildman–Crippen MR) is 64.0 cm³/mol. The molecule has 0 amide bonds. The predicted octanol–water partition coefficient (Wildman–Crippen LogP) is 1.57. The highest BCUT2D eigenvalue weighted by Crippen LogP contribution is 2.17. The molecule has 0 unspecified atom stereocenters. The molecule has 0 aromatic rings. The molecule has 0 bridgehead atoms. The molecule has 0 aliphatic carbocycles. The Morgan fingerprint density at radius 3 is 2.57 bits per heavy atom. The molecular weight excluding hydrogens is 192 g/mol. The van der Waals surface area contributed by atoms with E-state index < -0.39 is 0 Å². The molecule has 2 rings (SSSR count). The molecule has 1 N–H and O–H groups in total. The van der Waals surface area contributed by atoms with Gasteiger partial charge in [0.25, 0.3) is 0 Å². The molecular formula is C11H22N2S. The van der Waals surface area contributed by atoms with Crippen molar-refractivity contribution in [2.24, 2.45) is 0 Å². The molecule has 14 heavy (non-hydrogen) atoms. The van der Waals surface area contributed by atoms with Crippen LogP contribution in [0.4, 0.5) is 0 Å². The average molecular weight is 214 g/mol. The van der Waals surface area contributed by atoms with Gasteiger partial charge in [0, 0.05) is 17.5 Å². The smallest absolute Gasteiger partial charge is 0.0248 e. The van der Waals surface area contributed by atoms with Crippen molar-refractivity contribution in [3.05, 3.63) is 0 Å². The second kappa shape index (κ2) is 5.99. The Hall–Kier alpha value is 0.270. The molecule has 2 aliphatic rings. The fourth-order valence-corrected chi connectivity index (χ4v) is 2.83. The summed E-state index contributed by atoms with van der Waals surface area (Å²) in [7, 11) is 0. The van der Waals surface area contributed by atoms with E-state index in [2.05, 4.69) is 22.0 Å².